The number of hydrogen-bond acceptors (Lipinski definition) is 3. The molecule has 20 heavy (non-hydrogen) atoms. The zero-order valence-electron chi connectivity index (χ0n) is 10.8. The number of thiophene rings is 1. The van der Waals surface area contributed by atoms with E-state index in [-0.39, 0.29) is 6.04 Å². The van der Waals surface area contributed by atoms with Gasteiger partial charge in [-0.3, -0.25) is 0 Å². The van der Waals surface area contributed by atoms with Crippen molar-refractivity contribution in [3.63, 3.8) is 0 Å². The molecule has 6 heteroatoms. The summed E-state index contributed by atoms with van der Waals surface area (Å²) in [6.07, 6.45) is 3.66. The molecule has 1 atom stereocenters. The van der Waals surface area contributed by atoms with E-state index in [0.29, 0.717) is 11.6 Å². The lowest BCUT2D eigenvalue weighted by atomic mass is 10.00. The van der Waals surface area contributed by atoms with Gasteiger partial charge in [-0.25, -0.2) is 9.78 Å². The van der Waals surface area contributed by atoms with Crippen LogP contribution in [0.1, 0.15) is 18.2 Å². The number of fused-ring (bicyclic) bond motifs is 1. The molecule has 2 aromatic heterocycles. The van der Waals surface area contributed by atoms with Crippen LogP contribution in [0.5, 0.6) is 0 Å². The molecule has 0 aromatic carbocycles. The van der Waals surface area contributed by atoms with Crippen LogP contribution in [0.4, 0.5) is 4.79 Å². The van der Waals surface area contributed by atoms with Gasteiger partial charge in [0.05, 0.1) is 11.1 Å². The van der Waals surface area contributed by atoms with Crippen LogP contribution in [-0.4, -0.2) is 33.7 Å². The second-order valence-electron chi connectivity index (χ2n) is 4.72. The summed E-state index contributed by atoms with van der Waals surface area (Å²) in [4.78, 5) is 18.9. The van der Waals surface area contributed by atoms with Gasteiger partial charge >= 0.3 is 6.09 Å². The number of amides is 1. The first-order chi connectivity index (χ1) is 9.58. The Morgan fingerprint density at radius 2 is 2.40 bits per heavy atom. The van der Waals surface area contributed by atoms with Crippen LogP contribution in [-0.2, 0) is 0 Å². The van der Waals surface area contributed by atoms with Gasteiger partial charge in [0.25, 0.3) is 0 Å². The predicted octanol–water partition coefficient (Wildman–Crippen LogP) is 4.11. The zero-order chi connectivity index (χ0) is 14.3. The van der Waals surface area contributed by atoms with Gasteiger partial charge in [0.1, 0.15) is 4.83 Å². The first-order valence-corrected chi connectivity index (χ1v) is 7.51. The van der Waals surface area contributed by atoms with Crippen LogP contribution in [0.15, 0.2) is 24.4 Å². The van der Waals surface area contributed by atoms with Crippen LogP contribution in [0, 0.1) is 0 Å². The maximum absolute atomic E-state index is 11.2. The van der Waals surface area contributed by atoms with Crippen molar-refractivity contribution in [1.29, 1.82) is 0 Å². The highest BCUT2D eigenvalue weighted by atomic mass is 35.5. The van der Waals surface area contributed by atoms with Gasteiger partial charge in [0.2, 0.25) is 0 Å². The largest absolute Gasteiger partial charge is 0.465 e. The number of aromatic nitrogens is 1. The van der Waals surface area contributed by atoms with Gasteiger partial charge in [-0.2, -0.15) is 0 Å². The first-order valence-electron chi connectivity index (χ1n) is 6.32. The molecule has 4 nitrogen and oxygen atoms in total. The summed E-state index contributed by atoms with van der Waals surface area (Å²) < 4.78 is 0. The smallest absolute Gasteiger partial charge is 0.407 e. The minimum atomic E-state index is -0.875. The average molecular weight is 309 g/mol. The highest BCUT2D eigenvalue weighted by molar-refractivity contribution is 7.19. The summed E-state index contributed by atoms with van der Waals surface area (Å²) in [6, 6.07) is 3.62. The molecule has 1 unspecified atom stereocenters. The van der Waals surface area contributed by atoms with Crippen LogP contribution in [0.2, 0.25) is 5.02 Å². The maximum Gasteiger partial charge on any atom is 0.407 e. The Kier molecular flexibility index (Phi) is 3.40. The molecule has 0 spiro atoms. The topological polar surface area (TPSA) is 53.4 Å². The third-order valence-corrected chi connectivity index (χ3v) is 4.99. The molecule has 1 aliphatic heterocycles. The van der Waals surface area contributed by atoms with Crippen molar-refractivity contribution in [2.75, 3.05) is 6.54 Å². The summed E-state index contributed by atoms with van der Waals surface area (Å²) in [5, 5.41) is 10.8. The molecule has 3 rings (SSSR count). The Balaban J connectivity index is 2.04. The second-order valence-corrected chi connectivity index (χ2v) is 6.16. The van der Waals surface area contributed by atoms with Crippen molar-refractivity contribution < 1.29 is 9.90 Å². The second kappa shape index (κ2) is 5.07. The molecule has 1 N–H and O–H groups in total. The van der Waals surface area contributed by atoms with E-state index in [4.69, 9.17) is 11.6 Å². The van der Waals surface area contributed by atoms with E-state index in [2.05, 4.69) is 11.1 Å². The SMILES string of the molecule is CC1C(c2cc3c(Cl)ccnc3s2)=CCCN1C(=O)O. The molecule has 104 valence electrons. The standard InChI is InChI=1S/C14H13ClN2O2S/c1-8-9(3-2-6-17(8)14(18)19)12-7-10-11(15)4-5-16-13(10)20-12/h3-5,7-8H,2,6H2,1H3,(H,18,19). The van der Waals surface area contributed by atoms with Gasteiger partial charge in [0.15, 0.2) is 0 Å². The number of rotatable bonds is 1. The molecule has 0 saturated carbocycles. The number of carbonyl (C=O) groups is 1. The first kappa shape index (κ1) is 13.4. The zero-order valence-corrected chi connectivity index (χ0v) is 12.4. The average Bonchev–Trinajstić information content (AvgIpc) is 2.84. The molecule has 0 saturated heterocycles. The number of pyridine rings is 1. The van der Waals surface area contributed by atoms with Crippen molar-refractivity contribution in [3.8, 4) is 0 Å². The highest BCUT2D eigenvalue weighted by Crippen LogP contribution is 2.36. The number of carboxylic acid groups (broad SMARTS) is 1. The van der Waals surface area contributed by atoms with Crippen LogP contribution < -0.4 is 0 Å². The summed E-state index contributed by atoms with van der Waals surface area (Å²) in [6.45, 7) is 2.46. The molecule has 0 bridgehead atoms. The van der Waals surface area contributed by atoms with Crippen LogP contribution in [0.25, 0.3) is 15.8 Å². The van der Waals surface area contributed by atoms with E-state index in [0.717, 1.165) is 27.1 Å². The molecule has 1 aliphatic rings. The van der Waals surface area contributed by atoms with Crippen molar-refractivity contribution in [3.05, 3.63) is 34.3 Å². The fourth-order valence-corrected chi connectivity index (χ4v) is 3.92. The van der Waals surface area contributed by atoms with Crippen molar-refractivity contribution in [1.82, 2.24) is 9.88 Å². The highest BCUT2D eigenvalue weighted by Gasteiger charge is 2.27. The molecule has 1 amide bonds. The molecule has 0 fully saturated rings. The van der Waals surface area contributed by atoms with Crippen molar-refractivity contribution in [2.24, 2.45) is 0 Å². The fraction of sp³-hybridized carbons (Fsp3) is 0.286. The monoisotopic (exact) mass is 308 g/mol. The third-order valence-electron chi connectivity index (χ3n) is 3.56. The summed E-state index contributed by atoms with van der Waals surface area (Å²) in [5.74, 6) is 0. The molecular weight excluding hydrogens is 296 g/mol. The number of nitrogens with zero attached hydrogens (tertiary/aromatic N) is 2. The molecule has 0 aliphatic carbocycles. The Bertz CT molecular complexity index is 710. The lowest BCUT2D eigenvalue weighted by Gasteiger charge is -2.31. The molecule has 2 aromatic rings. The van der Waals surface area contributed by atoms with Gasteiger partial charge in [-0.05, 0) is 31.1 Å². The van der Waals surface area contributed by atoms with E-state index < -0.39 is 6.09 Å². The summed E-state index contributed by atoms with van der Waals surface area (Å²) in [5.41, 5.74) is 1.04. The van der Waals surface area contributed by atoms with E-state index in [9.17, 15) is 9.90 Å². The Morgan fingerprint density at radius 3 is 3.10 bits per heavy atom. The van der Waals surface area contributed by atoms with Crippen LogP contribution in [0.3, 0.4) is 0 Å². The van der Waals surface area contributed by atoms with E-state index >= 15 is 0 Å². The van der Waals surface area contributed by atoms with Crippen molar-refractivity contribution >= 4 is 44.8 Å². The fourth-order valence-electron chi connectivity index (χ4n) is 2.51. The lowest BCUT2D eigenvalue weighted by Crippen LogP contribution is -2.40. The number of hydrogen-bond donors (Lipinski definition) is 1. The van der Waals surface area contributed by atoms with E-state index in [1.807, 2.05) is 13.0 Å². The van der Waals surface area contributed by atoms with Gasteiger partial charge in [0, 0.05) is 23.0 Å². The van der Waals surface area contributed by atoms with E-state index in [1.54, 1.807) is 23.6 Å². The predicted molar refractivity (Wildman–Crippen MR) is 81.4 cm³/mol. The molecule has 3 heterocycles. The minimum absolute atomic E-state index is 0.145. The minimum Gasteiger partial charge on any atom is -0.465 e. The Labute approximate surface area is 125 Å². The molecule has 0 radical (unpaired) electrons. The lowest BCUT2D eigenvalue weighted by molar-refractivity contribution is 0.137. The Hall–Kier alpha value is -1.59. The number of halogens is 1. The van der Waals surface area contributed by atoms with Crippen LogP contribution >= 0.6 is 22.9 Å². The van der Waals surface area contributed by atoms with Gasteiger partial charge in [-0.15, -0.1) is 11.3 Å². The van der Waals surface area contributed by atoms with E-state index in [1.165, 1.54) is 4.90 Å². The van der Waals surface area contributed by atoms with Crippen molar-refractivity contribution in [2.45, 2.75) is 19.4 Å². The molecular formula is C14H13ClN2O2S. The normalized spacial score (nSPS) is 19.2. The maximum atomic E-state index is 11.2. The summed E-state index contributed by atoms with van der Waals surface area (Å²) in [7, 11) is 0. The summed E-state index contributed by atoms with van der Waals surface area (Å²) >= 11 is 7.72. The quantitative estimate of drug-likeness (QED) is 0.862. The van der Waals surface area contributed by atoms with Gasteiger partial charge in [-0.1, -0.05) is 17.7 Å². The Morgan fingerprint density at radius 1 is 1.60 bits per heavy atom. The third kappa shape index (κ3) is 2.17. The van der Waals surface area contributed by atoms with Gasteiger partial charge < -0.3 is 10.0 Å².